The fourth-order valence-electron chi connectivity index (χ4n) is 4.67. The molecule has 3 aliphatic rings. The average molecular weight is 360 g/mol. The van der Waals surface area contributed by atoms with E-state index in [0.717, 1.165) is 29.4 Å². The largest absolute Gasteiger partial charge is 0.497 e. The predicted molar refractivity (Wildman–Crippen MR) is 96.9 cm³/mol. The minimum Gasteiger partial charge on any atom is -0.497 e. The summed E-state index contributed by atoms with van der Waals surface area (Å²) >= 11 is 0. The van der Waals surface area contributed by atoms with E-state index >= 15 is 0 Å². The van der Waals surface area contributed by atoms with Crippen LogP contribution in [0, 0.1) is 5.92 Å². The van der Waals surface area contributed by atoms with Gasteiger partial charge in [0, 0.05) is 24.2 Å². The first-order chi connectivity index (χ1) is 12.4. The summed E-state index contributed by atoms with van der Waals surface area (Å²) in [5.41, 5.74) is 0.286. The van der Waals surface area contributed by atoms with Crippen molar-refractivity contribution in [1.29, 1.82) is 0 Å². The first kappa shape index (κ1) is 17.6. The molecule has 1 unspecified atom stereocenters. The summed E-state index contributed by atoms with van der Waals surface area (Å²) < 4.78 is 19.3. The average Bonchev–Trinajstić information content (AvgIpc) is 2.66. The SMILES string of the molecule is COc1ccc2nccc([C@@H](O)[C@H]3C[C@@H]4CCN3C[C@]4(O)[C@H](C)F)c2c1. The molecular formula is C20H25FN2O3. The van der Waals surface area contributed by atoms with Crippen LogP contribution in [0.1, 0.15) is 31.4 Å². The molecule has 0 aliphatic carbocycles. The third kappa shape index (κ3) is 2.68. The molecule has 0 amide bonds. The predicted octanol–water partition coefficient (Wildman–Crippen LogP) is 2.46. The Bertz CT molecular complexity index is 815. The molecule has 2 N–H and O–H groups in total. The maximum atomic E-state index is 14.0. The number of rotatable bonds is 4. The number of halogens is 1. The quantitative estimate of drug-likeness (QED) is 0.877. The standard InChI is InChI=1S/C20H25FN2O3/c1-12(21)20(25)11-23-8-6-13(20)9-18(23)19(24)15-5-7-22-17-4-3-14(26-2)10-16(15)17/h3-5,7,10,12-13,18-19,24-25H,6,8-9,11H2,1-2H3/t12-,13-,18+,19+,20-/m0/s1. The normalized spacial score (nSPS) is 33.2. The van der Waals surface area contributed by atoms with Crippen LogP contribution in [0.2, 0.25) is 0 Å². The smallest absolute Gasteiger partial charge is 0.127 e. The molecule has 3 aliphatic heterocycles. The van der Waals surface area contributed by atoms with Crippen LogP contribution in [-0.4, -0.2) is 58.1 Å². The molecule has 6 atom stereocenters. The zero-order valence-corrected chi connectivity index (χ0v) is 15.1. The van der Waals surface area contributed by atoms with Gasteiger partial charge in [0.2, 0.25) is 0 Å². The van der Waals surface area contributed by atoms with E-state index < -0.39 is 17.9 Å². The molecule has 2 bridgehead atoms. The molecule has 0 saturated carbocycles. The number of aromatic nitrogens is 1. The highest BCUT2D eigenvalue weighted by molar-refractivity contribution is 5.83. The number of piperidine rings is 3. The van der Waals surface area contributed by atoms with Gasteiger partial charge in [-0.15, -0.1) is 0 Å². The second-order valence-corrected chi connectivity index (χ2v) is 7.59. The van der Waals surface area contributed by atoms with Crippen molar-refractivity contribution in [3.63, 3.8) is 0 Å². The number of hydrogen-bond donors (Lipinski definition) is 2. The monoisotopic (exact) mass is 360 g/mol. The summed E-state index contributed by atoms with van der Waals surface area (Å²) in [6.45, 7) is 2.47. The van der Waals surface area contributed by atoms with Crippen LogP contribution in [0.3, 0.4) is 0 Å². The Labute approximate surface area is 152 Å². The number of fused-ring (bicyclic) bond motifs is 4. The van der Waals surface area contributed by atoms with Crippen LogP contribution < -0.4 is 4.74 Å². The molecule has 1 aromatic carbocycles. The number of aliphatic hydroxyl groups excluding tert-OH is 1. The summed E-state index contributed by atoms with van der Waals surface area (Å²) in [4.78, 5) is 6.40. The number of alkyl halides is 1. The summed E-state index contributed by atoms with van der Waals surface area (Å²) in [7, 11) is 1.61. The Morgan fingerprint density at radius 2 is 2.19 bits per heavy atom. The Kier molecular flexibility index (Phi) is 4.37. The van der Waals surface area contributed by atoms with Gasteiger partial charge >= 0.3 is 0 Å². The fourth-order valence-corrected chi connectivity index (χ4v) is 4.67. The van der Waals surface area contributed by atoms with Crippen molar-refractivity contribution in [3.05, 3.63) is 36.0 Å². The summed E-state index contributed by atoms with van der Waals surface area (Å²) in [6, 6.07) is 7.31. The summed E-state index contributed by atoms with van der Waals surface area (Å²) in [5, 5.41) is 22.7. The molecule has 1 aromatic heterocycles. The van der Waals surface area contributed by atoms with Gasteiger partial charge in [0.1, 0.15) is 17.5 Å². The van der Waals surface area contributed by atoms with E-state index in [0.29, 0.717) is 12.2 Å². The van der Waals surface area contributed by atoms with Gasteiger partial charge in [0.05, 0.1) is 18.7 Å². The van der Waals surface area contributed by atoms with Crippen LogP contribution in [0.5, 0.6) is 5.75 Å². The number of ether oxygens (including phenoxy) is 1. The Morgan fingerprint density at radius 1 is 1.38 bits per heavy atom. The topological polar surface area (TPSA) is 65.8 Å². The fraction of sp³-hybridized carbons (Fsp3) is 0.550. The molecule has 6 heteroatoms. The van der Waals surface area contributed by atoms with Crippen molar-refractivity contribution in [2.75, 3.05) is 20.2 Å². The Balaban J connectivity index is 1.67. The van der Waals surface area contributed by atoms with Gasteiger partial charge in [-0.3, -0.25) is 9.88 Å². The van der Waals surface area contributed by atoms with Crippen molar-refractivity contribution < 1.29 is 19.3 Å². The van der Waals surface area contributed by atoms with Gasteiger partial charge in [-0.1, -0.05) is 0 Å². The van der Waals surface area contributed by atoms with Crippen LogP contribution >= 0.6 is 0 Å². The Hall–Kier alpha value is -1.76. The maximum absolute atomic E-state index is 14.0. The lowest BCUT2D eigenvalue weighted by atomic mass is 9.69. The van der Waals surface area contributed by atoms with Gasteiger partial charge in [-0.2, -0.15) is 0 Å². The minimum absolute atomic E-state index is 0.130. The molecule has 0 radical (unpaired) electrons. The molecule has 5 rings (SSSR count). The maximum Gasteiger partial charge on any atom is 0.127 e. The first-order valence-corrected chi connectivity index (χ1v) is 9.15. The second kappa shape index (κ2) is 6.44. The molecule has 3 saturated heterocycles. The molecule has 140 valence electrons. The molecule has 5 nitrogen and oxygen atoms in total. The van der Waals surface area contributed by atoms with Crippen molar-refractivity contribution in [2.45, 2.75) is 43.7 Å². The lowest BCUT2D eigenvalue weighted by Gasteiger charge is -2.55. The lowest BCUT2D eigenvalue weighted by molar-refractivity contribution is -0.178. The molecule has 26 heavy (non-hydrogen) atoms. The van der Waals surface area contributed by atoms with Crippen molar-refractivity contribution >= 4 is 10.9 Å². The van der Waals surface area contributed by atoms with Crippen LogP contribution in [-0.2, 0) is 0 Å². The summed E-state index contributed by atoms with van der Waals surface area (Å²) in [6.07, 6.45) is 1.04. The zero-order chi connectivity index (χ0) is 18.5. The number of aliphatic hydroxyl groups is 2. The highest BCUT2D eigenvalue weighted by atomic mass is 19.1. The van der Waals surface area contributed by atoms with E-state index in [1.165, 1.54) is 6.92 Å². The van der Waals surface area contributed by atoms with Crippen molar-refractivity contribution in [3.8, 4) is 5.75 Å². The molecule has 2 aromatic rings. The van der Waals surface area contributed by atoms with E-state index in [9.17, 15) is 14.6 Å². The second-order valence-electron chi connectivity index (χ2n) is 7.59. The van der Waals surface area contributed by atoms with Crippen molar-refractivity contribution in [1.82, 2.24) is 9.88 Å². The van der Waals surface area contributed by atoms with E-state index in [-0.39, 0.29) is 18.5 Å². The number of methoxy groups -OCH3 is 1. The Morgan fingerprint density at radius 3 is 2.85 bits per heavy atom. The van der Waals surface area contributed by atoms with E-state index in [2.05, 4.69) is 4.98 Å². The van der Waals surface area contributed by atoms with Gasteiger partial charge in [0.25, 0.3) is 0 Å². The molecular weight excluding hydrogens is 335 g/mol. The highest BCUT2D eigenvalue weighted by Crippen LogP contribution is 2.45. The number of hydrogen-bond acceptors (Lipinski definition) is 5. The third-order valence-electron chi connectivity index (χ3n) is 6.28. The van der Waals surface area contributed by atoms with E-state index in [1.807, 2.05) is 29.2 Å². The van der Waals surface area contributed by atoms with E-state index in [4.69, 9.17) is 4.74 Å². The van der Waals surface area contributed by atoms with Gasteiger partial charge in [0.15, 0.2) is 0 Å². The van der Waals surface area contributed by atoms with Crippen LogP contribution in [0.25, 0.3) is 10.9 Å². The number of benzene rings is 1. The van der Waals surface area contributed by atoms with Gasteiger partial charge in [-0.25, -0.2) is 4.39 Å². The van der Waals surface area contributed by atoms with E-state index in [1.54, 1.807) is 13.3 Å². The molecule has 0 spiro atoms. The third-order valence-corrected chi connectivity index (χ3v) is 6.28. The highest BCUT2D eigenvalue weighted by Gasteiger charge is 2.53. The molecule has 3 fully saturated rings. The zero-order valence-electron chi connectivity index (χ0n) is 15.1. The number of nitrogens with zero attached hydrogens (tertiary/aromatic N) is 2. The van der Waals surface area contributed by atoms with Gasteiger partial charge in [-0.05, 0) is 62.1 Å². The lowest BCUT2D eigenvalue weighted by Crippen LogP contribution is -2.66. The summed E-state index contributed by atoms with van der Waals surface area (Å²) in [5.74, 6) is 0.583. The minimum atomic E-state index is -1.31. The van der Waals surface area contributed by atoms with Crippen LogP contribution in [0.15, 0.2) is 30.5 Å². The van der Waals surface area contributed by atoms with Crippen LogP contribution in [0.4, 0.5) is 4.39 Å². The first-order valence-electron chi connectivity index (χ1n) is 9.15. The van der Waals surface area contributed by atoms with Gasteiger partial charge < -0.3 is 14.9 Å². The number of pyridine rings is 1. The van der Waals surface area contributed by atoms with Crippen molar-refractivity contribution in [2.24, 2.45) is 5.92 Å². The molecule has 4 heterocycles.